The van der Waals surface area contributed by atoms with Gasteiger partial charge in [-0.2, -0.15) is 0 Å². The predicted molar refractivity (Wildman–Crippen MR) is 65.7 cm³/mol. The molecule has 1 fully saturated rings. The average molecular weight is 286 g/mol. The fourth-order valence-corrected chi connectivity index (χ4v) is 3.12. The van der Waals surface area contributed by atoms with Crippen LogP contribution in [-0.4, -0.2) is 15.6 Å². The van der Waals surface area contributed by atoms with Gasteiger partial charge in [0.1, 0.15) is 5.69 Å². The van der Waals surface area contributed by atoms with Crippen molar-refractivity contribution in [1.29, 1.82) is 0 Å². The average Bonchev–Trinajstić information content (AvgIpc) is 2.43. The molecule has 1 aliphatic carbocycles. The first kappa shape index (κ1) is 11.7. The number of aromatic nitrogens is 1. The van der Waals surface area contributed by atoms with Gasteiger partial charge in [0.2, 0.25) is 0 Å². The Morgan fingerprint density at radius 2 is 1.88 bits per heavy atom. The summed E-state index contributed by atoms with van der Waals surface area (Å²) >= 11 is 3.34. The van der Waals surface area contributed by atoms with Gasteiger partial charge >= 0.3 is 5.97 Å². The molecule has 0 amide bonds. The van der Waals surface area contributed by atoms with Crippen LogP contribution in [0.3, 0.4) is 0 Å². The number of halogens is 1. The van der Waals surface area contributed by atoms with Gasteiger partial charge in [0.25, 0.3) is 0 Å². The fourth-order valence-electron chi connectivity index (χ4n) is 2.69. The summed E-state index contributed by atoms with van der Waals surface area (Å²) < 4.78 is 2.70. The van der Waals surface area contributed by atoms with Gasteiger partial charge in [-0.25, -0.2) is 4.79 Å². The molecule has 0 atom stereocenters. The van der Waals surface area contributed by atoms with E-state index in [1.54, 1.807) is 6.07 Å². The van der Waals surface area contributed by atoms with Crippen LogP contribution in [0.15, 0.2) is 16.7 Å². The Morgan fingerprint density at radius 1 is 1.38 bits per heavy atom. The molecule has 0 aromatic carbocycles. The highest BCUT2D eigenvalue weighted by Crippen LogP contribution is 2.71. The van der Waals surface area contributed by atoms with Gasteiger partial charge < -0.3 is 9.67 Å². The number of carboxylic acid groups (broad SMARTS) is 1. The molecule has 0 unspecified atom stereocenters. The number of carbonyl (C=O) groups is 1. The van der Waals surface area contributed by atoms with Gasteiger partial charge in [-0.3, -0.25) is 0 Å². The summed E-state index contributed by atoms with van der Waals surface area (Å²) in [4.78, 5) is 11.1. The van der Waals surface area contributed by atoms with Crippen LogP contribution in [0.1, 0.15) is 44.2 Å². The summed E-state index contributed by atoms with van der Waals surface area (Å²) in [6.45, 7) is 8.71. The number of hydrogen-bond acceptors (Lipinski definition) is 1. The molecule has 2 rings (SSSR count). The van der Waals surface area contributed by atoms with Gasteiger partial charge in [-0.05, 0) is 32.8 Å². The third-order valence-electron chi connectivity index (χ3n) is 4.26. The molecule has 1 aromatic heterocycles. The summed E-state index contributed by atoms with van der Waals surface area (Å²) in [6, 6.07) is 1.91. The zero-order chi connectivity index (χ0) is 12.3. The molecule has 1 heterocycles. The van der Waals surface area contributed by atoms with Crippen LogP contribution in [-0.2, 0) is 0 Å². The molecule has 1 saturated carbocycles. The normalized spacial score (nSPS) is 22.1. The van der Waals surface area contributed by atoms with Gasteiger partial charge in [0, 0.05) is 16.7 Å². The quantitative estimate of drug-likeness (QED) is 0.903. The summed E-state index contributed by atoms with van der Waals surface area (Å²) in [5, 5.41) is 9.15. The number of rotatable bonds is 2. The third kappa shape index (κ3) is 1.35. The Morgan fingerprint density at radius 3 is 2.25 bits per heavy atom. The molecule has 1 N–H and O–H groups in total. The van der Waals surface area contributed by atoms with Crippen molar-refractivity contribution < 1.29 is 9.90 Å². The third-order valence-corrected chi connectivity index (χ3v) is 4.69. The van der Waals surface area contributed by atoms with Gasteiger partial charge in [0.15, 0.2) is 0 Å². The van der Waals surface area contributed by atoms with E-state index in [4.69, 9.17) is 5.11 Å². The van der Waals surface area contributed by atoms with Crippen LogP contribution in [0, 0.1) is 10.8 Å². The molecule has 0 saturated heterocycles. The maximum atomic E-state index is 11.1. The molecule has 4 heteroatoms. The minimum Gasteiger partial charge on any atom is -0.477 e. The number of carboxylic acids is 1. The highest BCUT2D eigenvalue weighted by molar-refractivity contribution is 9.10. The Hall–Kier alpha value is -0.770. The van der Waals surface area contributed by atoms with E-state index in [2.05, 4.69) is 43.6 Å². The topological polar surface area (TPSA) is 42.2 Å². The number of nitrogens with zero attached hydrogens (tertiary/aromatic N) is 1. The Bertz CT molecular complexity index is 446. The van der Waals surface area contributed by atoms with Gasteiger partial charge in [-0.1, -0.05) is 27.7 Å². The van der Waals surface area contributed by atoms with Crippen LogP contribution >= 0.6 is 15.9 Å². The van der Waals surface area contributed by atoms with E-state index in [0.717, 1.165) is 4.47 Å². The molecule has 0 bridgehead atoms. The molecule has 0 aliphatic heterocycles. The molecule has 0 spiro atoms. The standard InChI is InChI=1S/C12H16BrNO2/c1-11(2)10(12(11,3)4)14-6-7(13)5-8(14)9(15)16/h5-6,10H,1-4H3,(H,15,16). The highest BCUT2D eigenvalue weighted by atomic mass is 79.9. The minimum absolute atomic E-state index is 0.135. The van der Waals surface area contributed by atoms with E-state index in [-0.39, 0.29) is 16.9 Å². The molecular formula is C12H16BrNO2. The lowest BCUT2D eigenvalue weighted by molar-refractivity contribution is 0.0684. The Labute approximate surface area is 104 Å². The van der Waals surface area contributed by atoms with E-state index in [1.807, 2.05) is 10.8 Å². The summed E-state index contributed by atoms with van der Waals surface area (Å²) in [6.07, 6.45) is 1.87. The largest absolute Gasteiger partial charge is 0.477 e. The molecule has 16 heavy (non-hydrogen) atoms. The van der Waals surface area contributed by atoms with E-state index in [1.165, 1.54) is 0 Å². The fraction of sp³-hybridized carbons (Fsp3) is 0.583. The van der Waals surface area contributed by atoms with E-state index >= 15 is 0 Å². The molecule has 3 nitrogen and oxygen atoms in total. The van der Waals surface area contributed by atoms with Crippen molar-refractivity contribution in [3.8, 4) is 0 Å². The monoisotopic (exact) mass is 285 g/mol. The maximum absolute atomic E-state index is 11.1. The summed E-state index contributed by atoms with van der Waals surface area (Å²) in [7, 11) is 0. The SMILES string of the molecule is CC1(C)C(n2cc(Br)cc2C(=O)O)C1(C)C. The first-order valence-corrected chi connectivity index (χ1v) is 6.09. The zero-order valence-electron chi connectivity index (χ0n) is 9.91. The molecular weight excluding hydrogens is 270 g/mol. The smallest absolute Gasteiger partial charge is 0.352 e. The number of hydrogen-bond donors (Lipinski definition) is 1. The van der Waals surface area contributed by atoms with Crippen LogP contribution in [0.5, 0.6) is 0 Å². The van der Waals surface area contributed by atoms with Crippen LogP contribution in [0.25, 0.3) is 0 Å². The predicted octanol–water partition coefficient (Wildman–Crippen LogP) is 3.56. The van der Waals surface area contributed by atoms with Crippen molar-refractivity contribution >= 4 is 21.9 Å². The molecule has 88 valence electrons. The van der Waals surface area contributed by atoms with Crippen LogP contribution in [0.2, 0.25) is 0 Å². The maximum Gasteiger partial charge on any atom is 0.352 e. The van der Waals surface area contributed by atoms with Crippen molar-refractivity contribution in [3.05, 3.63) is 22.4 Å². The van der Waals surface area contributed by atoms with E-state index < -0.39 is 5.97 Å². The second kappa shape index (κ2) is 3.13. The first-order chi connectivity index (χ1) is 7.19. The van der Waals surface area contributed by atoms with E-state index in [0.29, 0.717) is 5.69 Å². The lowest BCUT2D eigenvalue weighted by Crippen LogP contribution is -2.09. The van der Waals surface area contributed by atoms with E-state index in [9.17, 15) is 4.79 Å². The summed E-state index contributed by atoms with van der Waals surface area (Å²) in [5.41, 5.74) is 0.626. The van der Waals surface area contributed by atoms with Crippen molar-refractivity contribution in [2.24, 2.45) is 10.8 Å². The molecule has 1 aliphatic rings. The van der Waals surface area contributed by atoms with Crippen molar-refractivity contribution in [1.82, 2.24) is 4.57 Å². The lowest BCUT2D eigenvalue weighted by Gasteiger charge is -2.07. The van der Waals surface area contributed by atoms with Crippen molar-refractivity contribution in [3.63, 3.8) is 0 Å². The lowest BCUT2D eigenvalue weighted by atomic mass is 10.0. The first-order valence-electron chi connectivity index (χ1n) is 5.30. The Kier molecular flexibility index (Phi) is 2.29. The van der Waals surface area contributed by atoms with Crippen LogP contribution in [0.4, 0.5) is 0 Å². The second-order valence-corrected chi connectivity index (χ2v) is 6.52. The Balaban J connectivity index is 2.48. The minimum atomic E-state index is -0.871. The van der Waals surface area contributed by atoms with Gasteiger partial charge in [0.05, 0.1) is 0 Å². The number of aromatic carboxylic acids is 1. The van der Waals surface area contributed by atoms with Crippen molar-refractivity contribution in [2.75, 3.05) is 0 Å². The zero-order valence-corrected chi connectivity index (χ0v) is 11.5. The van der Waals surface area contributed by atoms with Crippen molar-refractivity contribution in [2.45, 2.75) is 33.7 Å². The van der Waals surface area contributed by atoms with Crippen LogP contribution < -0.4 is 0 Å². The molecule has 0 radical (unpaired) electrons. The summed E-state index contributed by atoms with van der Waals surface area (Å²) in [5.74, 6) is -0.871. The van der Waals surface area contributed by atoms with Gasteiger partial charge in [-0.15, -0.1) is 0 Å². The highest BCUT2D eigenvalue weighted by Gasteiger charge is 2.66. The molecule has 1 aromatic rings. The second-order valence-electron chi connectivity index (χ2n) is 5.60.